The molecule has 0 radical (unpaired) electrons. The van der Waals surface area contributed by atoms with Crippen molar-refractivity contribution in [1.29, 1.82) is 0 Å². The van der Waals surface area contributed by atoms with Gasteiger partial charge in [0.05, 0.1) is 18.6 Å². The van der Waals surface area contributed by atoms with Crippen LogP contribution < -0.4 is 14.8 Å². The number of thiophene rings is 2. The number of carbonyl (C=O) groups excluding carboxylic acids is 1. The lowest BCUT2D eigenvalue weighted by molar-refractivity contribution is -0.123. The summed E-state index contributed by atoms with van der Waals surface area (Å²) in [6.07, 6.45) is 1.000. The molecule has 1 N–H and O–H groups in total. The van der Waals surface area contributed by atoms with Crippen LogP contribution in [0.15, 0.2) is 47.2 Å². The average molecular weight is 427 g/mol. The number of amides is 1. The van der Waals surface area contributed by atoms with Gasteiger partial charge in [-0.1, -0.05) is 12.1 Å². The highest BCUT2D eigenvalue weighted by atomic mass is 32.1. The summed E-state index contributed by atoms with van der Waals surface area (Å²) in [5.74, 6) is 1.53. The average Bonchev–Trinajstić information content (AvgIpc) is 3.47. The van der Waals surface area contributed by atoms with Crippen molar-refractivity contribution in [3.63, 3.8) is 0 Å². The first-order valence-electron chi connectivity index (χ1n) is 9.71. The molecular formula is C22H22N2O3S2. The second kappa shape index (κ2) is 7.82. The molecule has 7 heteroatoms. The van der Waals surface area contributed by atoms with E-state index in [0.717, 1.165) is 30.0 Å². The predicted octanol–water partition coefficient (Wildman–Crippen LogP) is 4.36. The molecule has 1 aromatic carbocycles. The van der Waals surface area contributed by atoms with Crippen LogP contribution in [0.3, 0.4) is 0 Å². The molecule has 0 fully saturated rings. The number of carbonyl (C=O) groups is 1. The van der Waals surface area contributed by atoms with Crippen LogP contribution >= 0.6 is 22.7 Å². The minimum atomic E-state index is -0.0984. The summed E-state index contributed by atoms with van der Waals surface area (Å²) in [5, 5.41) is 7.42. The van der Waals surface area contributed by atoms with E-state index in [-0.39, 0.29) is 24.8 Å². The third-order valence-corrected chi connectivity index (χ3v) is 7.42. The van der Waals surface area contributed by atoms with Crippen molar-refractivity contribution in [2.24, 2.45) is 0 Å². The van der Waals surface area contributed by atoms with Crippen molar-refractivity contribution < 1.29 is 14.3 Å². The molecule has 0 saturated heterocycles. The Balaban J connectivity index is 1.30. The van der Waals surface area contributed by atoms with Crippen LogP contribution in [0.2, 0.25) is 0 Å². The molecule has 2 aliphatic heterocycles. The molecule has 150 valence electrons. The van der Waals surface area contributed by atoms with Crippen molar-refractivity contribution in [2.75, 3.05) is 19.9 Å². The van der Waals surface area contributed by atoms with E-state index >= 15 is 0 Å². The molecule has 2 atom stereocenters. The molecule has 29 heavy (non-hydrogen) atoms. The Kier molecular flexibility index (Phi) is 5.03. The van der Waals surface area contributed by atoms with Crippen molar-refractivity contribution in [1.82, 2.24) is 10.2 Å². The number of hydrogen-bond acceptors (Lipinski definition) is 6. The topological polar surface area (TPSA) is 50.8 Å². The second-order valence-corrected chi connectivity index (χ2v) is 9.32. The van der Waals surface area contributed by atoms with E-state index in [0.29, 0.717) is 6.54 Å². The smallest absolute Gasteiger partial charge is 0.234 e. The number of nitrogens with one attached hydrogen (secondary N) is 1. The lowest BCUT2D eigenvalue weighted by Crippen LogP contribution is -2.43. The van der Waals surface area contributed by atoms with E-state index in [1.165, 1.54) is 15.3 Å². The van der Waals surface area contributed by atoms with Gasteiger partial charge in [0.2, 0.25) is 12.7 Å². The minimum absolute atomic E-state index is 0.0374. The fraction of sp³-hybridized carbons (Fsp3) is 0.318. The van der Waals surface area contributed by atoms with Gasteiger partial charge in [-0.05, 0) is 59.5 Å². The molecule has 0 spiro atoms. The Labute approximate surface area is 177 Å². The number of hydrogen-bond donors (Lipinski definition) is 1. The van der Waals surface area contributed by atoms with Crippen LogP contribution in [-0.4, -0.2) is 30.7 Å². The molecular weight excluding hydrogens is 404 g/mol. The van der Waals surface area contributed by atoms with Gasteiger partial charge in [-0.25, -0.2) is 0 Å². The fourth-order valence-corrected chi connectivity index (χ4v) is 5.84. The fourth-order valence-electron chi connectivity index (χ4n) is 4.06. The summed E-state index contributed by atoms with van der Waals surface area (Å²) in [7, 11) is 0. The monoisotopic (exact) mass is 426 g/mol. The molecule has 2 aliphatic rings. The molecule has 0 unspecified atom stereocenters. The summed E-state index contributed by atoms with van der Waals surface area (Å²) < 4.78 is 10.8. The maximum absolute atomic E-state index is 12.9. The first-order chi connectivity index (χ1) is 14.2. The van der Waals surface area contributed by atoms with Gasteiger partial charge in [0.25, 0.3) is 0 Å². The van der Waals surface area contributed by atoms with Crippen LogP contribution in [0.1, 0.15) is 39.9 Å². The van der Waals surface area contributed by atoms with E-state index in [9.17, 15) is 4.79 Å². The van der Waals surface area contributed by atoms with Gasteiger partial charge >= 0.3 is 0 Å². The Morgan fingerprint density at radius 3 is 2.97 bits per heavy atom. The molecule has 1 amide bonds. The van der Waals surface area contributed by atoms with Crippen molar-refractivity contribution in [2.45, 2.75) is 25.4 Å². The van der Waals surface area contributed by atoms with E-state index < -0.39 is 0 Å². The minimum Gasteiger partial charge on any atom is -0.454 e. The molecule has 0 aliphatic carbocycles. The molecule has 4 heterocycles. The zero-order chi connectivity index (χ0) is 19.8. The van der Waals surface area contributed by atoms with Crippen molar-refractivity contribution in [3.8, 4) is 11.5 Å². The summed E-state index contributed by atoms with van der Waals surface area (Å²) in [6.45, 7) is 3.52. The Morgan fingerprint density at radius 2 is 2.10 bits per heavy atom. The van der Waals surface area contributed by atoms with E-state index in [1.54, 1.807) is 11.3 Å². The van der Waals surface area contributed by atoms with Gasteiger partial charge in [-0.15, -0.1) is 22.7 Å². The molecule has 2 aromatic heterocycles. The summed E-state index contributed by atoms with van der Waals surface area (Å²) in [6, 6.07) is 12.4. The molecule has 0 saturated carbocycles. The zero-order valence-electron chi connectivity index (χ0n) is 16.1. The number of fused-ring (bicyclic) bond motifs is 2. The van der Waals surface area contributed by atoms with Gasteiger partial charge in [0.1, 0.15) is 0 Å². The van der Waals surface area contributed by atoms with E-state index in [2.05, 4.69) is 39.2 Å². The van der Waals surface area contributed by atoms with Gasteiger partial charge < -0.3 is 14.8 Å². The third kappa shape index (κ3) is 3.66. The number of ether oxygens (including phenoxy) is 2. The number of rotatable bonds is 5. The first kappa shape index (κ1) is 18.7. The Bertz CT molecular complexity index is 1020. The molecule has 5 rings (SSSR count). The highest BCUT2D eigenvalue weighted by Crippen LogP contribution is 2.39. The van der Waals surface area contributed by atoms with Crippen LogP contribution in [-0.2, 0) is 11.2 Å². The van der Waals surface area contributed by atoms with Crippen LogP contribution in [0, 0.1) is 0 Å². The van der Waals surface area contributed by atoms with Gasteiger partial charge in [-0.3, -0.25) is 9.69 Å². The first-order valence-corrected chi connectivity index (χ1v) is 11.5. The standard InChI is InChI=1S/C22H22N2O3S2/c1-14(15-4-5-17-18(11-15)27-13-26-17)23-21(25)12-24-8-6-19-16(7-10-29-19)22(24)20-3-2-9-28-20/h2-5,7,9-11,14,22H,6,8,12-13H2,1H3,(H,23,25)/t14-,22-/m0/s1. The normalized spacial score (nSPS) is 19.0. The predicted molar refractivity (Wildman–Crippen MR) is 115 cm³/mol. The molecule has 5 nitrogen and oxygen atoms in total. The largest absolute Gasteiger partial charge is 0.454 e. The van der Waals surface area contributed by atoms with Crippen molar-refractivity contribution >= 4 is 28.6 Å². The van der Waals surface area contributed by atoms with E-state index in [1.807, 2.05) is 36.5 Å². The molecule has 3 aromatic rings. The maximum Gasteiger partial charge on any atom is 0.234 e. The Hall–Kier alpha value is -2.35. The highest BCUT2D eigenvalue weighted by Gasteiger charge is 2.31. The maximum atomic E-state index is 12.9. The van der Waals surface area contributed by atoms with Gasteiger partial charge in [0.15, 0.2) is 11.5 Å². The third-order valence-electron chi connectivity index (χ3n) is 5.50. The zero-order valence-corrected chi connectivity index (χ0v) is 17.7. The SMILES string of the molecule is C[C@H](NC(=O)CN1CCc2sccc2[C@H]1c1cccs1)c1ccc2c(c1)OCO2. The van der Waals surface area contributed by atoms with Gasteiger partial charge in [0, 0.05) is 16.3 Å². The van der Waals surface area contributed by atoms with Crippen LogP contribution in [0.4, 0.5) is 0 Å². The number of benzene rings is 1. The van der Waals surface area contributed by atoms with Crippen LogP contribution in [0.25, 0.3) is 0 Å². The Morgan fingerprint density at radius 1 is 1.21 bits per heavy atom. The second-order valence-electron chi connectivity index (χ2n) is 7.34. The summed E-state index contributed by atoms with van der Waals surface area (Å²) in [5.41, 5.74) is 2.36. The lowest BCUT2D eigenvalue weighted by atomic mass is 9.98. The highest BCUT2D eigenvalue weighted by molar-refractivity contribution is 7.10. The van der Waals surface area contributed by atoms with E-state index in [4.69, 9.17) is 9.47 Å². The van der Waals surface area contributed by atoms with Crippen molar-refractivity contribution in [3.05, 3.63) is 68.0 Å². The van der Waals surface area contributed by atoms with Gasteiger partial charge in [-0.2, -0.15) is 0 Å². The number of nitrogens with zero attached hydrogens (tertiary/aromatic N) is 1. The van der Waals surface area contributed by atoms with Crippen LogP contribution in [0.5, 0.6) is 11.5 Å². The summed E-state index contributed by atoms with van der Waals surface area (Å²) >= 11 is 3.58. The molecule has 0 bridgehead atoms. The lowest BCUT2D eigenvalue weighted by Gasteiger charge is -2.35. The summed E-state index contributed by atoms with van der Waals surface area (Å²) in [4.78, 5) is 17.9. The quantitative estimate of drug-likeness (QED) is 0.659.